The summed E-state index contributed by atoms with van der Waals surface area (Å²) in [5.74, 6) is 2.49. The van der Waals surface area contributed by atoms with Crippen molar-refractivity contribution in [3.63, 3.8) is 0 Å². The van der Waals surface area contributed by atoms with Gasteiger partial charge in [0.2, 0.25) is 0 Å². The number of benzene rings is 1. The topological polar surface area (TPSA) is 35.5 Å². The lowest BCUT2D eigenvalue weighted by atomic mass is 9.80. The van der Waals surface area contributed by atoms with Crippen molar-refractivity contribution in [2.45, 2.75) is 90.6 Å². The van der Waals surface area contributed by atoms with Crippen LogP contribution >= 0.6 is 0 Å². The highest BCUT2D eigenvalue weighted by Gasteiger charge is 2.28. The molecule has 0 radical (unpaired) electrons. The van der Waals surface area contributed by atoms with Gasteiger partial charge in [0.25, 0.3) is 0 Å². The van der Waals surface area contributed by atoms with E-state index in [1.165, 1.54) is 44.1 Å². The van der Waals surface area contributed by atoms with E-state index in [4.69, 9.17) is 9.47 Å². The average molecular weight is 359 g/mol. The van der Waals surface area contributed by atoms with Crippen LogP contribution in [0.2, 0.25) is 0 Å². The monoisotopic (exact) mass is 358 g/mol. The minimum atomic E-state index is -0.0440. The molecule has 0 N–H and O–H groups in total. The van der Waals surface area contributed by atoms with Gasteiger partial charge in [-0.05, 0) is 74.6 Å². The van der Waals surface area contributed by atoms with Gasteiger partial charge in [0.05, 0.1) is 12.0 Å². The number of rotatable bonds is 7. The highest BCUT2D eigenvalue weighted by atomic mass is 16.5. The minimum Gasteiger partial charge on any atom is -0.490 e. The number of fused-ring (bicyclic) bond motifs is 1. The van der Waals surface area contributed by atoms with Crippen molar-refractivity contribution in [3.05, 3.63) is 23.8 Å². The van der Waals surface area contributed by atoms with Crippen molar-refractivity contribution in [2.24, 2.45) is 11.8 Å². The molecule has 26 heavy (non-hydrogen) atoms. The molecule has 0 amide bonds. The van der Waals surface area contributed by atoms with Crippen LogP contribution in [0, 0.1) is 11.8 Å². The zero-order chi connectivity index (χ0) is 18.4. The van der Waals surface area contributed by atoms with Gasteiger partial charge in [-0.15, -0.1) is 0 Å². The van der Waals surface area contributed by atoms with Crippen LogP contribution in [0.5, 0.6) is 11.5 Å². The number of esters is 1. The van der Waals surface area contributed by atoms with Crippen molar-refractivity contribution >= 4 is 5.97 Å². The summed E-state index contributed by atoms with van der Waals surface area (Å²) in [6.45, 7) is 4.46. The maximum Gasteiger partial charge on any atom is 0.314 e. The van der Waals surface area contributed by atoms with Gasteiger partial charge in [-0.1, -0.05) is 39.5 Å². The largest absolute Gasteiger partial charge is 0.490 e. The molecular formula is C23H34O3. The molecule has 0 aromatic heterocycles. The third-order valence-corrected chi connectivity index (χ3v) is 6.04. The molecule has 1 saturated carbocycles. The first-order valence-corrected chi connectivity index (χ1v) is 10.7. The minimum absolute atomic E-state index is 0.0440. The molecule has 1 aromatic rings. The molecule has 2 aliphatic rings. The molecule has 1 unspecified atom stereocenters. The highest BCUT2D eigenvalue weighted by Crippen LogP contribution is 2.35. The molecule has 1 aliphatic heterocycles. The van der Waals surface area contributed by atoms with Gasteiger partial charge in [-0.2, -0.15) is 0 Å². The molecular weight excluding hydrogens is 324 g/mol. The van der Waals surface area contributed by atoms with Crippen LogP contribution in [0.3, 0.4) is 0 Å². The Balaban J connectivity index is 1.52. The third-order valence-electron chi connectivity index (χ3n) is 6.04. The Hall–Kier alpha value is -1.51. The molecule has 3 heteroatoms. The molecule has 1 atom stereocenters. The van der Waals surface area contributed by atoms with Crippen LogP contribution < -0.4 is 9.47 Å². The lowest BCUT2D eigenvalue weighted by Crippen LogP contribution is -2.26. The summed E-state index contributed by atoms with van der Waals surface area (Å²) in [7, 11) is 0. The fraction of sp³-hybridized carbons (Fsp3) is 0.696. The zero-order valence-corrected chi connectivity index (χ0v) is 16.5. The van der Waals surface area contributed by atoms with Gasteiger partial charge in [-0.25, -0.2) is 0 Å². The first-order chi connectivity index (χ1) is 12.7. The summed E-state index contributed by atoms with van der Waals surface area (Å²) in [5, 5.41) is 0. The number of carbonyl (C=O) groups excluding carboxylic acids is 1. The molecule has 144 valence electrons. The first-order valence-electron chi connectivity index (χ1n) is 10.7. The number of ether oxygens (including phenoxy) is 2. The van der Waals surface area contributed by atoms with Crippen LogP contribution in [0.1, 0.15) is 83.6 Å². The van der Waals surface area contributed by atoms with E-state index in [1.807, 2.05) is 18.2 Å². The van der Waals surface area contributed by atoms with Gasteiger partial charge >= 0.3 is 5.97 Å². The second kappa shape index (κ2) is 9.43. The maximum atomic E-state index is 12.5. The molecule has 1 heterocycles. The van der Waals surface area contributed by atoms with Gasteiger partial charge in [0.15, 0.2) is 0 Å². The van der Waals surface area contributed by atoms with Crippen LogP contribution in [0.25, 0.3) is 0 Å². The molecule has 1 aliphatic carbocycles. The van der Waals surface area contributed by atoms with E-state index in [-0.39, 0.29) is 11.9 Å². The number of carbonyl (C=O) groups is 1. The number of hydrogen-bond acceptors (Lipinski definition) is 3. The summed E-state index contributed by atoms with van der Waals surface area (Å²) in [4.78, 5) is 12.5. The van der Waals surface area contributed by atoms with Crippen molar-refractivity contribution in [1.29, 1.82) is 0 Å². The normalized spacial score (nSPS) is 25.2. The van der Waals surface area contributed by atoms with Crippen LogP contribution in [0.4, 0.5) is 0 Å². The van der Waals surface area contributed by atoms with Crippen molar-refractivity contribution < 1.29 is 14.3 Å². The fourth-order valence-corrected chi connectivity index (χ4v) is 4.41. The third kappa shape index (κ3) is 5.02. The summed E-state index contributed by atoms with van der Waals surface area (Å²) < 4.78 is 11.8. The lowest BCUT2D eigenvalue weighted by Gasteiger charge is -2.28. The zero-order valence-electron chi connectivity index (χ0n) is 16.5. The number of unbranched alkanes of at least 4 members (excludes halogenated alkanes) is 1. The lowest BCUT2D eigenvalue weighted by molar-refractivity contribution is -0.140. The molecule has 0 bridgehead atoms. The Morgan fingerprint density at radius 3 is 2.62 bits per heavy atom. The van der Waals surface area contributed by atoms with Crippen molar-refractivity contribution in [3.8, 4) is 11.5 Å². The molecule has 0 saturated heterocycles. The van der Waals surface area contributed by atoms with Gasteiger partial charge in [0, 0.05) is 0 Å². The molecule has 3 rings (SSSR count). The predicted molar refractivity (Wildman–Crippen MR) is 105 cm³/mol. The maximum absolute atomic E-state index is 12.5. The summed E-state index contributed by atoms with van der Waals surface area (Å²) in [5.41, 5.74) is 1.18. The summed E-state index contributed by atoms with van der Waals surface area (Å²) in [6.07, 6.45) is 12.8. The van der Waals surface area contributed by atoms with Crippen molar-refractivity contribution in [2.75, 3.05) is 0 Å². The Morgan fingerprint density at radius 2 is 1.88 bits per heavy atom. The average Bonchev–Trinajstić information content (AvgIpc) is 2.67. The second-order valence-electron chi connectivity index (χ2n) is 8.12. The van der Waals surface area contributed by atoms with E-state index in [0.29, 0.717) is 11.9 Å². The van der Waals surface area contributed by atoms with Crippen LogP contribution in [0.15, 0.2) is 18.2 Å². The smallest absolute Gasteiger partial charge is 0.314 e. The van der Waals surface area contributed by atoms with Crippen molar-refractivity contribution in [1.82, 2.24) is 0 Å². The van der Waals surface area contributed by atoms with Gasteiger partial charge in [-0.3, -0.25) is 4.79 Å². The Labute approximate surface area is 158 Å². The number of aryl methyl sites for hydroxylation is 1. The van der Waals surface area contributed by atoms with E-state index >= 15 is 0 Å². The summed E-state index contributed by atoms with van der Waals surface area (Å²) in [6, 6.07) is 5.88. The first kappa shape index (κ1) is 19.3. The molecule has 1 aromatic carbocycles. The second-order valence-corrected chi connectivity index (χ2v) is 8.12. The van der Waals surface area contributed by atoms with E-state index in [1.54, 1.807) is 0 Å². The predicted octanol–water partition coefficient (Wildman–Crippen LogP) is 6.08. The highest BCUT2D eigenvalue weighted by molar-refractivity contribution is 5.75. The molecule has 0 spiro atoms. The van der Waals surface area contributed by atoms with Gasteiger partial charge in [0.1, 0.15) is 11.5 Å². The van der Waals surface area contributed by atoms with E-state index < -0.39 is 0 Å². The SMILES string of the molecule is CCCCC1CCc2cc(OC(=O)[C@H]3CC[C@H](CCC)CC3)ccc2O1. The number of hydrogen-bond donors (Lipinski definition) is 0. The standard InChI is InChI=1S/C23H34O3/c1-3-5-7-20-13-12-19-16-21(14-15-22(19)25-20)26-23(24)18-10-8-17(6-4-2)9-11-18/h14-18,20H,3-13H2,1-2H3/t17-,18-,20?. The van der Waals surface area contributed by atoms with E-state index in [2.05, 4.69) is 13.8 Å². The van der Waals surface area contributed by atoms with E-state index in [9.17, 15) is 4.79 Å². The van der Waals surface area contributed by atoms with Crippen LogP contribution in [-0.4, -0.2) is 12.1 Å². The Morgan fingerprint density at radius 1 is 1.08 bits per heavy atom. The van der Waals surface area contributed by atoms with Gasteiger partial charge < -0.3 is 9.47 Å². The molecule has 3 nitrogen and oxygen atoms in total. The fourth-order valence-electron chi connectivity index (χ4n) is 4.41. The summed E-state index contributed by atoms with van der Waals surface area (Å²) >= 11 is 0. The Bertz CT molecular complexity index is 587. The van der Waals surface area contributed by atoms with E-state index in [0.717, 1.165) is 43.8 Å². The van der Waals surface area contributed by atoms with Crippen LogP contribution in [-0.2, 0) is 11.2 Å². The quantitative estimate of drug-likeness (QED) is 0.437. The Kier molecular flexibility index (Phi) is 6.99. The molecule has 1 fully saturated rings.